The molecule has 0 amide bonds. The van der Waals surface area contributed by atoms with E-state index in [0.717, 1.165) is 30.4 Å². The monoisotopic (exact) mass is 153 g/mol. The van der Waals surface area contributed by atoms with Crippen LogP contribution in [0.2, 0.25) is 0 Å². The summed E-state index contributed by atoms with van der Waals surface area (Å²) < 4.78 is 1.43. The lowest BCUT2D eigenvalue weighted by Gasteiger charge is -1.98. The molecule has 0 aliphatic heterocycles. The molecule has 0 spiro atoms. The van der Waals surface area contributed by atoms with E-state index in [-0.39, 0.29) is 11.8 Å². The SMILES string of the molecule is Cn1c(O)c2c(c1O)CCC2. The van der Waals surface area contributed by atoms with E-state index >= 15 is 0 Å². The van der Waals surface area contributed by atoms with Crippen LogP contribution in [-0.4, -0.2) is 14.8 Å². The minimum atomic E-state index is 0.231. The highest BCUT2D eigenvalue weighted by molar-refractivity contribution is 5.47. The lowest BCUT2D eigenvalue weighted by molar-refractivity contribution is 0.381. The number of fused-ring (bicyclic) bond motifs is 1. The van der Waals surface area contributed by atoms with E-state index in [1.54, 1.807) is 7.05 Å². The Kier molecular flexibility index (Phi) is 1.16. The van der Waals surface area contributed by atoms with Gasteiger partial charge in [-0.1, -0.05) is 0 Å². The second-order valence-electron chi connectivity index (χ2n) is 3.02. The number of rotatable bonds is 0. The van der Waals surface area contributed by atoms with Crippen LogP contribution in [-0.2, 0) is 19.9 Å². The molecule has 2 rings (SSSR count). The fraction of sp³-hybridized carbons (Fsp3) is 0.500. The fourth-order valence-electron chi connectivity index (χ4n) is 1.74. The molecule has 1 aliphatic carbocycles. The first kappa shape index (κ1) is 6.58. The van der Waals surface area contributed by atoms with Crippen molar-refractivity contribution in [3.05, 3.63) is 11.1 Å². The Balaban J connectivity index is 2.68. The zero-order valence-corrected chi connectivity index (χ0v) is 6.46. The molecule has 0 saturated heterocycles. The Morgan fingerprint density at radius 1 is 1.09 bits per heavy atom. The molecular formula is C8H11NO2. The van der Waals surface area contributed by atoms with Crippen molar-refractivity contribution in [3.63, 3.8) is 0 Å². The predicted octanol–water partition coefficient (Wildman–Crippen LogP) is 0.925. The summed E-state index contributed by atoms with van der Waals surface area (Å²) in [4.78, 5) is 0. The third-order valence-corrected chi connectivity index (χ3v) is 2.39. The molecule has 11 heavy (non-hydrogen) atoms. The highest BCUT2D eigenvalue weighted by Gasteiger charge is 2.23. The van der Waals surface area contributed by atoms with Crippen LogP contribution in [0.5, 0.6) is 11.8 Å². The van der Waals surface area contributed by atoms with E-state index in [1.807, 2.05) is 0 Å². The summed E-state index contributed by atoms with van der Waals surface area (Å²) in [5.74, 6) is 0.463. The van der Waals surface area contributed by atoms with Crippen molar-refractivity contribution in [2.45, 2.75) is 19.3 Å². The lowest BCUT2D eigenvalue weighted by Crippen LogP contribution is -1.87. The summed E-state index contributed by atoms with van der Waals surface area (Å²) in [6.07, 6.45) is 2.84. The van der Waals surface area contributed by atoms with Gasteiger partial charge in [0.1, 0.15) is 0 Å². The Bertz CT molecular complexity index is 274. The van der Waals surface area contributed by atoms with Crippen LogP contribution in [0.15, 0.2) is 0 Å². The smallest absolute Gasteiger partial charge is 0.197 e. The van der Waals surface area contributed by atoms with Crippen molar-refractivity contribution >= 4 is 0 Å². The van der Waals surface area contributed by atoms with Crippen molar-refractivity contribution in [2.75, 3.05) is 0 Å². The highest BCUT2D eigenvalue weighted by atomic mass is 16.3. The minimum Gasteiger partial charge on any atom is -0.494 e. The molecule has 60 valence electrons. The fourth-order valence-corrected chi connectivity index (χ4v) is 1.74. The van der Waals surface area contributed by atoms with E-state index in [0.29, 0.717) is 0 Å². The number of hydrogen-bond acceptors (Lipinski definition) is 2. The van der Waals surface area contributed by atoms with Crippen LogP contribution >= 0.6 is 0 Å². The van der Waals surface area contributed by atoms with Crippen LogP contribution in [0, 0.1) is 0 Å². The Morgan fingerprint density at radius 2 is 1.55 bits per heavy atom. The van der Waals surface area contributed by atoms with Gasteiger partial charge in [0.15, 0.2) is 11.8 Å². The first-order valence-corrected chi connectivity index (χ1v) is 3.80. The maximum absolute atomic E-state index is 9.44. The summed E-state index contributed by atoms with van der Waals surface area (Å²) >= 11 is 0. The molecule has 0 fully saturated rings. The van der Waals surface area contributed by atoms with Gasteiger partial charge < -0.3 is 10.2 Å². The molecule has 3 heteroatoms. The third kappa shape index (κ3) is 0.679. The summed E-state index contributed by atoms with van der Waals surface area (Å²) in [6.45, 7) is 0. The summed E-state index contributed by atoms with van der Waals surface area (Å²) in [5, 5.41) is 18.9. The molecule has 0 bridgehead atoms. The maximum atomic E-state index is 9.44. The van der Waals surface area contributed by atoms with Crippen molar-refractivity contribution in [2.24, 2.45) is 7.05 Å². The van der Waals surface area contributed by atoms with Gasteiger partial charge in [-0.2, -0.15) is 0 Å². The number of aromatic nitrogens is 1. The van der Waals surface area contributed by atoms with Crippen molar-refractivity contribution in [3.8, 4) is 11.8 Å². The minimum absolute atomic E-state index is 0.231. The summed E-state index contributed by atoms with van der Waals surface area (Å²) in [6, 6.07) is 0. The van der Waals surface area contributed by atoms with Crippen LogP contribution in [0.1, 0.15) is 17.5 Å². The van der Waals surface area contributed by atoms with Crippen LogP contribution in [0.3, 0.4) is 0 Å². The molecule has 0 unspecified atom stereocenters. The topological polar surface area (TPSA) is 45.4 Å². The highest BCUT2D eigenvalue weighted by Crippen LogP contribution is 2.38. The first-order valence-electron chi connectivity index (χ1n) is 3.80. The third-order valence-electron chi connectivity index (χ3n) is 2.39. The largest absolute Gasteiger partial charge is 0.494 e. The molecule has 0 radical (unpaired) electrons. The molecular weight excluding hydrogens is 142 g/mol. The lowest BCUT2D eigenvalue weighted by atomic mass is 10.2. The normalized spacial score (nSPS) is 15.4. The Labute approximate surface area is 64.9 Å². The molecule has 1 aromatic rings. The molecule has 1 aliphatic rings. The zero-order valence-electron chi connectivity index (χ0n) is 6.46. The van der Waals surface area contributed by atoms with Gasteiger partial charge in [0.2, 0.25) is 0 Å². The molecule has 0 saturated carbocycles. The predicted molar refractivity (Wildman–Crippen MR) is 40.8 cm³/mol. The number of aromatic hydroxyl groups is 2. The van der Waals surface area contributed by atoms with Gasteiger partial charge >= 0.3 is 0 Å². The van der Waals surface area contributed by atoms with Gasteiger partial charge in [0, 0.05) is 18.2 Å². The zero-order chi connectivity index (χ0) is 8.01. The molecule has 1 heterocycles. The summed E-state index contributed by atoms with van der Waals surface area (Å²) in [7, 11) is 1.67. The van der Waals surface area contributed by atoms with Crippen LogP contribution in [0.25, 0.3) is 0 Å². The Hall–Kier alpha value is -1.12. The van der Waals surface area contributed by atoms with Gasteiger partial charge in [0.05, 0.1) is 0 Å². The summed E-state index contributed by atoms with van der Waals surface area (Å²) in [5.41, 5.74) is 1.87. The van der Waals surface area contributed by atoms with Crippen molar-refractivity contribution in [1.29, 1.82) is 0 Å². The number of nitrogens with zero attached hydrogens (tertiary/aromatic N) is 1. The molecule has 0 aromatic carbocycles. The second-order valence-corrected chi connectivity index (χ2v) is 3.02. The maximum Gasteiger partial charge on any atom is 0.197 e. The van der Waals surface area contributed by atoms with Gasteiger partial charge in [-0.05, 0) is 19.3 Å². The molecule has 3 nitrogen and oxygen atoms in total. The van der Waals surface area contributed by atoms with Crippen LogP contribution in [0.4, 0.5) is 0 Å². The number of hydrogen-bond donors (Lipinski definition) is 2. The quantitative estimate of drug-likeness (QED) is 0.582. The second kappa shape index (κ2) is 1.94. The molecule has 2 N–H and O–H groups in total. The van der Waals surface area contributed by atoms with Gasteiger partial charge in [-0.3, -0.25) is 4.57 Å². The van der Waals surface area contributed by atoms with Gasteiger partial charge in [-0.15, -0.1) is 0 Å². The Morgan fingerprint density at radius 3 is 2.00 bits per heavy atom. The van der Waals surface area contributed by atoms with E-state index in [1.165, 1.54) is 4.57 Å². The standard InChI is InChI=1S/C8H11NO2/c1-9-7(10)5-3-2-4-6(5)8(9)11/h10-11H,2-4H2,1H3. The van der Waals surface area contributed by atoms with Gasteiger partial charge in [-0.25, -0.2) is 0 Å². The van der Waals surface area contributed by atoms with Gasteiger partial charge in [0.25, 0.3) is 0 Å². The average Bonchev–Trinajstić information content (AvgIpc) is 2.53. The van der Waals surface area contributed by atoms with Crippen molar-refractivity contribution in [1.82, 2.24) is 4.57 Å². The van der Waals surface area contributed by atoms with Crippen molar-refractivity contribution < 1.29 is 10.2 Å². The average molecular weight is 153 g/mol. The van der Waals surface area contributed by atoms with E-state index in [2.05, 4.69) is 0 Å². The molecule has 0 atom stereocenters. The molecule has 1 aromatic heterocycles. The van der Waals surface area contributed by atoms with E-state index < -0.39 is 0 Å². The first-order chi connectivity index (χ1) is 5.22. The van der Waals surface area contributed by atoms with E-state index in [9.17, 15) is 10.2 Å². The van der Waals surface area contributed by atoms with Crippen LogP contribution < -0.4 is 0 Å². The van der Waals surface area contributed by atoms with E-state index in [4.69, 9.17) is 0 Å².